The molecule has 1 saturated carbocycles. The number of carbonyl (C=O) groups excluding carboxylic acids is 2. The molecule has 0 bridgehead atoms. The number of imide groups is 1. The Kier molecular flexibility index (Phi) is 2.77. The highest BCUT2D eigenvalue weighted by Crippen LogP contribution is 2.39. The van der Waals surface area contributed by atoms with E-state index in [0.717, 1.165) is 17.7 Å². The third kappa shape index (κ3) is 1.97. The fraction of sp³-hybridized carbons (Fsp3) is 0.583. The van der Waals surface area contributed by atoms with Crippen molar-refractivity contribution in [3.8, 4) is 0 Å². The van der Waals surface area contributed by atoms with Crippen molar-refractivity contribution in [2.24, 2.45) is 5.92 Å². The standard InChI is InChI=1S/C12H15NO4/c1-6-7(2)12(17)13(11(6)16)9(5-10(14)15)8-3-4-8/h8-9H,3-5H2,1-2H3,(H,14,15). The predicted molar refractivity (Wildman–Crippen MR) is 59.0 cm³/mol. The van der Waals surface area contributed by atoms with Gasteiger partial charge in [0.2, 0.25) is 0 Å². The fourth-order valence-electron chi connectivity index (χ4n) is 2.20. The van der Waals surface area contributed by atoms with Gasteiger partial charge in [0.25, 0.3) is 11.8 Å². The second-order valence-electron chi connectivity index (χ2n) is 4.73. The van der Waals surface area contributed by atoms with E-state index < -0.39 is 12.0 Å². The van der Waals surface area contributed by atoms with Gasteiger partial charge in [-0.25, -0.2) is 0 Å². The summed E-state index contributed by atoms with van der Waals surface area (Å²) in [7, 11) is 0. The van der Waals surface area contributed by atoms with E-state index in [1.807, 2.05) is 0 Å². The van der Waals surface area contributed by atoms with E-state index >= 15 is 0 Å². The third-order valence-electron chi connectivity index (χ3n) is 3.52. The molecule has 1 unspecified atom stereocenters. The van der Waals surface area contributed by atoms with Crippen molar-refractivity contribution >= 4 is 17.8 Å². The van der Waals surface area contributed by atoms with Crippen LogP contribution in [-0.2, 0) is 14.4 Å². The number of hydrogen-bond donors (Lipinski definition) is 1. The lowest BCUT2D eigenvalue weighted by molar-refractivity contribution is -0.144. The average Bonchev–Trinajstić information content (AvgIpc) is 3.05. The summed E-state index contributed by atoms with van der Waals surface area (Å²) in [4.78, 5) is 35.8. The van der Waals surface area contributed by atoms with E-state index in [0.29, 0.717) is 11.1 Å². The summed E-state index contributed by atoms with van der Waals surface area (Å²) in [6.07, 6.45) is 1.64. The summed E-state index contributed by atoms with van der Waals surface area (Å²) in [6.45, 7) is 3.22. The predicted octanol–water partition coefficient (Wildman–Crippen LogP) is 0.945. The van der Waals surface area contributed by atoms with Crippen molar-refractivity contribution in [2.75, 3.05) is 0 Å². The highest BCUT2D eigenvalue weighted by Gasteiger charge is 2.45. The molecule has 0 saturated heterocycles. The number of carboxylic acids is 1. The first kappa shape index (κ1) is 11.8. The molecule has 0 spiro atoms. The molecule has 1 fully saturated rings. The van der Waals surface area contributed by atoms with Crippen LogP contribution >= 0.6 is 0 Å². The van der Waals surface area contributed by atoms with E-state index in [1.165, 1.54) is 0 Å². The summed E-state index contributed by atoms with van der Waals surface area (Å²) in [5.74, 6) is -1.46. The first-order valence-corrected chi connectivity index (χ1v) is 5.70. The van der Waals surface area contributed by atoms with Gasteiger partial charge in [-0.3, -0.25) is 19.3 Å². The molecule has 1 aliphatic carbocycles. The summed E-state index contributed by atoms with van der Waals surface area (Å²) >= 11 is 0. The molecular formula is C12H15NO4. The Labute approximate surface area is 99.1 Å². The Morgan fingerprint density at radius 1 is 1.29 bits per heavy atom. The molecule has 0 aromatic carbocycles. The third-order valence-corrected chi connectivity index (χ3v) is 3.52. The SMILES string of the molecule is CC1=C(C)C(=O)N(C(CC(=O)O)C2CC2)C1=O. The van der Waals surface area contributed by atoms with Crippen molar-refractivity contribution in [1.29, 1.82) is 0 Å². The van der Waals surface area contributed by atoms with Crippen molar-refractivity contribution in [2.45, 2.75) is 39.2 Å². The maximum atomic E-state index is 11.9. The molecule has 17 heavy (non-hydrogen) atoms. The average molecular weight is 237 g/mol. The smallest absolute Gasteiger partial charge is 0.305 e. The van der Waals surface area contributed by atoms with Crippen molar-refractivity contribution in [3.05, 3.63) is 11.1 Å². The van der Waals surface area contributed by atoms with Crippen LogP contribution in [0.4, 0.5) is 0 Å². The molecular weight excluding hydrogens is 222 g/mol. The maximum Gasteiger partial charge on any atom is 0.305 e. The van der Waals surface area contributed by atoms with Gasteiger partial charge < -0.3 is 5.11 Å². The van der Waals surface area contributed by atoms with Gasteiger partial charge >= 0.3 is 5.97 Å². The number of rotatable bonds is 4. The number of aliphatic carboxylic acids is 1. The van der Waals surface area contributed by atoms with Crippen molar-refractivity contribution < 1.29 is 19.5 Å². The minimum absolute atomic E-state index is 0.150. The molecule has 5 heteroatoms. The molecule has 2 aliphatic rings. The molecule has 1 aliphatic heterocycles. The van der Waals surface area contributed by atoms with Crippen LogP contribution in [-0.4, -0.2) is 33.8 Å². The molecule has 1 heterocycles. The van der Waals surface area contributed by atoms with E-state index in [-0.39, 0.29) is 24.2 Å². The molecule has 0 radical (unpaired) electrons. The largest absolute Gasteiger partial charge is 0.481 e. The van der Waals surface area contributed by atoms with Gasteiger partial charge in [-0.15, -0.1) is 0 Å². The highest BCUT2D eigenvalue weighted by atomic mass is 16.4. The zero-order chi connectivity index (χ0) is 12.7. The monoisotopic (exact) mass is 237 g/mol. The summed E-state index contributed by atoms with van der Waals surface area (Å²) in [5, 5.41) is 8.86. The Hall–Kier alpha value is -1.65. The Morgan fingerprint density at radius 3 is 2.12 bits per heavy atom. The van der Waals surface area contributed by atoms with Gasteiger partial charge in [0.1, 0.15) is 0 Å². The molecule has 0 aromatic heterocycles. The first-order valence-electron chi connectivity index (χ1n) is 5.70. The summed E-state index contributed by atoms with van der Waals surface area (Å²) < 4.78 is 0. The van der Waals surface area contributed by atoms with E-state index in [1.54, 1.807) is 13.8 Å². The molecule has 92 valence electrons. The lowest BCUT2D eigenvalue weighted by Gasteiger charge is -2.25. The van der Waals surface area contributed by atoms with Gasteiger partial charge in [0.05, 0.1) is 12.5 Å². The van der Waals surface area contributed by atoms with Gasteiger partial charge in [-0.1, -0.05) is 0 Å². The van der Waals surface area contributed by atoms with Gasteiger partial charge in [-0.05, 0) is 32.6 Å². The highest BCUT2D eigenvalue weighted by molar-refractivity contribution is 6.19. The molecule has 2 rings (SSSR count). The Morgan fingerprint density at radius 2 is 1.76 bits per heavy atom. The topological polar surface area (TPSA) is 74.7 Å². The molecule has 5 nitrogen and oxygen atoms in total. The lowest BCUT2D eigenvalue weighted by Crippen LogP contribution is -2.43. The van der Waals surface area contributed by atoms with Crippen LogP contribution in [0.1, 0.15) is 33.1 Å². The number of nitrogens with zero attached hydrogens (tertiary/aromatic N) is 1. The number of carboxylic acid groups (broad SMARTS) is 1. The maximum absolute atomic E-state index is 11.9. The lowest BCUT2D eigenvalue weighted by atomic mass is 10.1. The number of amides is 2. The van der Waals surface area contributed by atoms with Crippen LogP contribution in [0, 0.1) is 5.92 Å². The van der Waals surface area contributed by atoms with Gasteiger partial charge in [0, 0.05) is 11.1 Å². The summed E-state index contributed by atoms with van der Waals surface area (Å²) in [5.41, 5.74) is 0.872. The van der Waals surface area contributed by atoms with E-state index in [2.05, 4.69) is 0 Å². The van der Waals surface area contributed by atoms with Crippen LogP contribution in [0.15, 0.2) is 11.1 Å². The van der Waals surface area contributed by atoms with Crippen LogP contribution in [0.3, 0.4) is 0 Å². The fourth-order valence-corrected chi connectivity index (χ4v) is 2.20. The minimum atomic E-state index is -0.968. The summed E-state index contributed by atoms with van der Waals surface area (Å²) in [6, 6.07) is -0.472. The van der Waals surface area contributed by atoms with Crippen LogP contribution < -0.4 is 0 Å². The zero-order valence-corrected chi connectivity index (χ0v) is 9.90. The normalized spacial score (nSPS) is 22.4. The second-order valence-corrected chi connectivity index (χ2v) is 4.73. The Bertz CT molecular complexity index is 410. The van der Waals surface area contributed by atoms with Crippen molar-refractivity contribution in [1.82, 2.24) is 4.90 Å². The van der Waals surface area contributed by atoms with E-state index in [9.17, 15) is 14.4 Å². The zero-order valence-electron chi connectivity index (χ0n) is 9.90. The number of hydrogen-bond acceptors (Lipinski definition) is 3. The van der Waals surface area contributed by atoms with Gasteiger partial charge in [0.15, 0.2) is 0 Å². The molecule has 1 N–H and O–H groups in total. The molecule has 1 atom stereocenters. The quantitative estimate of drug-likeness (QED) is 0.738. The second kappa shape index (κ2) is 3.98. The molecule has 0 aromatic rings. The number of carbonyl (C=O) groups is 3. The van der Waals surface area contributed by atoms with Crippen LogP contribution in [0.5, 0.6) is 0 Å². The Balaban J connectivity index is 2.24. The van der Waals surface area contributed by atoms with Gasteiger partial charge in [-0.2, -0.15) is 0 Å². The van der Waals surface area contributed by atoms with Crippen molar-refractivity contribution in [3.63, 3.8) is 0 Å². The van der Waals surface area contributed by atoms with E-state index in [4.69, 9.17) is 5.11 Å². The first-order chi connectivity index (χ1) is 7.93. The van der Waals surface area contributed by atoms with Crippen LogP contribution in [0.2, 0.25) is 0 Å². The van der Waals surface area contributed by atoms with Crippen LogP contribution in [0.25, 0.3) is 0 Å². The molecule has 2 amide bonds. The minimum Gasteiger partial charge on any atom is -0.481 e.